The number of hydrogen-bond acceptors (Lipinski definition) is 6. The molecule has 8 nitrogen and oxygen atoms in total. The number of hydrogen-bond donors (Lipinski definition) is 2. The lowest BCUT2D eigenvalue weighted by molar-refractivity contribution is -0.114. The number of amides is 1. The van der Waals surface area contributed by atoms with Crippen molar-refractivity contribution in [3.05, 3.63) is 89.4 Å². The predicted octanol–water partition coefficient (Wildman–Crippen LogP) is 4.20. The molecule has 2 aromatic heterocycles. The van der Waals surface area contributed by atoms with Crippen LogP contribution in [0.4, 0.5) is 17.3 Å². The first-order valence-electron chi connectivity index (χ1n) is 12.1. The number of pyridine rings is 1. The minimum Gasteiger partial charge on any atom is -0.383 e. The Kier molecular flexibility index (Phi) is 5.70. The van der Waals surface area contributed by atoms with Gasteiger partial charge in [-0.1, -0.05) is 18.7 Å². The van der Waals surface area contributed by atoms with Crippen molar-refractivity contribution in [3.63, 3.8) is 0 Å². The Morgan fingerprint density at radius 1 is 1.32 bits per heavy atom. The van der Waals surface area contributed by atoms with Gasteiger partial charge in [-0.15, -0.1) is 0 Å². The van der Waals surface area contributed by atoms with Gasteiger partial charge in [0, 0.05) is 48.4 Å². The smallest absolute Gasteiger partial charge is 0.256 e. The molecule has 0 fully saturated rings. The third-order valence-corrected chi connectivity index (χ3v) is 5.32. The fourth-order valence-corrected chi connectivity index (χ4v) is 3.66. The molecule has 172 valence electrons. The molecule has 1 amide bonds. The molecule has 0 aliphatic carbocycles. The average molecular weight is 459 g/mol. The molecule has 0 aliphatic heterocycles. The van der Waals surface area contributed by atoms with Gasteiger partial charge in [0.15, 0.2) is 0 Å². The summed E-state index contributed by atoms with van der Waals surface area (Å²) in [6.07, 6.45) is 3.29. The molecule has 0 saturated carbocycles. The van der Waals surface area contributed by atoms with E-state index in [-0.39, 0.29) is 18.7 Å². The fraction of sp³-hybridized carbons (Fsp3) is 0.154. The summed E-state index contributed by atoms with van der Waals surface area (Å²) in [5.41, 5.74) is 3.83. The maximum Gasteiger partial charge on any atom is 0.256 e. The highest BCUT2D eigenvalue weighted by Crippen LogP contribution is 2.25. The Morgan fingerprint density at radius 3 is 3.00 bits per heavy atom. The molecule has 8 heteroatoms. The van der Waals surface area contributed by atoms with Crippen molar-refractivity contribution in [2.75, 3.05) is 30.5 Å². The van der Waals surface area contributed by atoms with Gasteiger partial charge < -0.3 is 19.9 Å². The molecule has 2 heterocycles. The van der Waals surface area contributed by atoms with Crippen LogP contribution >= 0.6 is 0 Å². The highest BCUT2D eigenvalue weighted by atomic mass is 16.5. The summed E-state index contributed by atoms with van der Waals surface area (Å²) >= 11 is 0. The van der Waals surface area contributed by atoms with Crippen LogP contribution in [0.3, 0.4) is 0 Å². The zero-order valence-electron chi connectivity index (χ0n) is 21.8. The van der Waals surface area contributed by atoms with E-state index in [1.807, 2.05) is 31.2 Å². The molecular weight excluding hydrogens is 430 g/mol. The first kappa shape index (κ1) is 19.2. The first-order chi connectivity index (χ1) is 17.8. The number of fused-ring (bicyclic) bond motifs is 1. The lowest BCUT2D eigenvalue weighted by atomic mass is 10.0. The van der Waals surface area contributed by atoms with Crippen molar-refractivity contribution in [1.82, 2.24) is 15.0 Å². The van der Waals surface area contributed by atoms with Crippen molar-refractivity contribution in [1.29, 1.82) is 0 Å². The molecule has 0 radical (unpaired) electrons. The zero-order chi connectivity index (χ0) is 26.5. The summed E-state index contributed by atoms with van der Waals surface area (Å²) in [5, 5.41) is 3.89. The summed E-state index contributed by atoms with van der Waals surface area (Å²) < 4.78 is 27.5. The van der Waals surface area contributed by atoms with Crippen molar-refractivity contribution >= 4 is 34.1 Å². The Bertz CT molecular complexity index is 1550. The van der Waals surface area contributed by atoms with E-state index in [2.05, 4.69) is 20.3 Å². The number of carbonyl (C=O) groups excluding carboxylic acids is 1. The van der Waals surface area contributed by atoms with Crippen molar-refractivity contribution in [2.24, 2.45) is 0 Å². The second kappa shape index (κ2) is 10.1. The minimum atomic E-state index is -0.860. The van der Waals surface area contributed by atoms with Crippen LogP contribution in [-0.2, 0) is 9.53 Å². The molecule has 0 bridgehead atoms. The summed E-state index contributed by atoms with van der Waals surface area (Å²) in [6, 6.07) is 13.6. The lowest BCUT2D eigenvalue weighted by Gasteiger charge is -2.21. The second-order valence-electron chi connectivity index (χ2n) is 7.58. The van der Waals surface area contributed by atoms with E-state index in [9.17, 15) is 9.59 Å². The summed E-state index contributed by atoms with van der Waals surface area (Å²) in [7, 11) is 1.50. The van der Waals surface area contributed by atoms with Crippen LogP contribution < -0.4 is 15.8 Å². The Morgan fingerprint density at radius 2 is 2.21 bits per heavy atom. The molecule has 0 atom stereocenters. The molecule has 4 rings (SSSR count). The SMILES string of the molecule is [2H]C([2H])=C([2H])C(=O)N(CCOC)c1cccc(Nc2ncc3cc(-c4c(C)cc[nH]c4=O)ccc3n2)c1. The van der Waals surface area contributed by atoms with Gasteiger partial charge in [-0.25, -0.2) is 9.97 Å². The van der Waals surface area contributed by atoms with Crippen molar-refractivity contribution in [2.45, 2.75) is 6.92 Å². The average Bonchev–Trinajstić information content (AvgIpc) is 2.88. The monoisotopic (exact) mass is 458 g/mol. The normalized spacial score (nSPS) is 11.9. The second-order valence-corrected chi connectivity index (χ2v) is 7.58. The summed E-state index contributed by atoms with van der Waals surface area (Å²) in [4.78, 5) is 38.0. The molecule has 0 spiro atoms. The molecule has 34 heavy (non-hydrogen) atoms. The Balaban J connectivity index is 1.61. The van der Waals surface area contributed by atoms with E-state index in [4.69, 9.17) is 8.85 Å². The van der Waals surface area contributed by atoms with Gasteiger partial charge in [-0.2, -0.15) is 0 Å². The van der Waals surface area contributed by atoms with E-state index in [1.54, 1.807) is 36.7 Å². The van der Waals surface area contributed by atoms with E-state index in [0.717, 1.165) is 16.5 Å². The number of H-pyrrole nitrogens is 1. The van der Waals surface area contributed by atoms with Gasteiger partial charge >= 0.3 is 0 Å². The molecule has 0 aliphatic rings. The molecular formula is C26H25N5O3. The quantitative estimate of drug-likeness (QED) is 0.384. The van der Waals surface area contributed by atoms with Gasteiger partial charge in [0.1, 0.15) is 0 Å². The van der Waals surface area contributed by atoms with Crippen LogP contribution in [0.25, 0.3) is 22.0 Å². The number of methoxy groups -OCH3 is 1. The number of rotatable bonds is 8. The van der Waals surface area contributed by atoms with Crippen LogP contribution in [0.15, 0.2) is 78.3 Å². The van der Waals surface area contributed by atoms with Crippen molar-refractivity contribution < 1.29 is 13.6 Å². The van der Waals surface area contributed by atoms with Gasteiger partial charge in [0.2, 0.25) is 11.9 Å². The van der Waals surface area contributed by atoms with Crippen LogP contribution in [0, 0.1) is 6.92 Å². The Hall–Kier alpha value is -4.30. The largest absolute Gasteiger partial charge is 0.383 e. The number of anilines is 3. The number of carbonyl (C=O) groups is 1. The number of nitrogens with one attached hydrogen (secondary N) is 2. The molecule has 2 N–H and O–H groups in total. The zero-order valence-corrected chi connectivity index (χ0v) is 18.8. The van der Waals surface area contributed by atoms with Crippen LogP contribution in [0.1, 0.15) is 9.68 Å². The maximum atomic E-state index is 12.7. The lowest BCUT2D eigenvalue weighted by Crippen LogP contribution is -2.32. The standard InChI is InChI=1S/C26H25N5O3/c1-4-23(32)31(12-13-34-3)21-7-5-6-20(15-21)29-26-28-16-19-14-18(8-9-22(19)30-26)24-17(2)10-11-27-25(24)33/h4-11,14-16H,1,12-13H2,2-3H3,(H,27,33)(H,28,29,30)/i1D2,4D. The number of aromatic amines is 1. The third-order valence-electron chi connectivity index (χ3n) is 5.32. The van der Waals surface area contributed by atoms with Gasteiger partial charge in [-0.3, -0.25) is 9.59 Å². The number of aryl methyl sites for hydroxylation is 1. The van der Waals surface area contributed by atoms with Crippen LogP contribution in [-0.4, -0.2) is 41.1 Å². The first-order valence-corrected chi connectivity index (χ1v) is 10.6. The molecule has 0 saturated heterocycles. The molecule has 4 aromatic rings. The van der Waals surface area contributed by atoms with E-state index < -0.39 is 18.5 Å². The molecule has 2 aromatic carbocycles. The van der Waals surface area contributed by atoms with Crippen LogP contribution in [0.2, 0.25) is 0 Å². The number of nitrogens with zero attached hydrogens (tertiary/aromatic N) is 3. The van der Waals surface area contributed by atoms with E-state index in [0.29, 0.717) is 28.4 Å². The Labute approximate surface area is 201 Å². The van der Waals surface area contributed by atoms with Gasteiger partial charge in [-0.05, 0) is 60.5 Å². The topological polar surface area (TPSA) is 100 Å². The summed E-state index contributed by atoms with van der Waals surface area (Å²) in [6.45, 7) is 1.39. The highest BCUT2D eigenvalue weighted by molar-refractivity contribution is 6.01. The number of ether oxygens (including phenoxy) is 1. The third kappa shape index (κ3) is 4.87. The predicted molar refractivity (Wildman–Crippen MR) is 134 cm³/mol. The van der Waals surface area contributed by atoms with Crippen molar-refractivity contribution in [3.8, 4) is 11.1 Å². The van der Waals surface area contributed by atoms with Gasteiger partial charge in [0.05, 0.1) is 16.2 Å². The maximum absolute atomic E-state index is 12.7. The highest BCUT2D eigenvalue weighted by Gasteiger charge is 2.14. The fourth-order valence-electron chi connectivity index (χ4n) is 3.66. The van der Waals surface area contributed by atoms with E-state index in [1.165, 1.54) is 12.0 Å². The number of benzene rings is 2. The van der Waals surface area contributed by atoms with Crippen LogP contribution in [0.5, 0.6) is 0 Å². The molecule has 0 unspecified atom stereocenters. The summed E-state index contributed by atoms with van der Waals surface area (Å²) in [5.74, 6) is -0.430. The van der Waals surface area contributed by atoms with Gasteiger partial charge in [0.25, 0.3) is 5.56 Å². The minimum absolute atomic E-state index is 0.146. The number of aromatic nitrogens is 3. The van der Waals surface area contributed by atoms with E-state index >= 15 is 0 Å².